The molecule has 0 bridgehead atoms. The van der Waals surface area contributed by atoms with Crippen molar-refractivity contribution in [3.8, 4) is 28.8 Å². The van der Waals surface area contributed by atoms with Gasteiger partial charge in [0.2, 0.25) is 11.8 Å². The summed E-state index contributed by atoms with van der Waals surface area (Å²) in [4.78, 5) is 6.96. The summed E-state index contributed by atoms with van der Waals surface area (Å²) in [6, 6.07) is 11.3. The van der Waals surface area contributed by atoms with E-state index in [1.807, 2.05) is 41.0 Å². The van der Waals surface area contributed by atoms with Crippen LogP contribution in [0.5, 0.6) is 11.5 Å². The lowest BCUT2D eigenvalue weighted by Crippen LogP contribution is -2.24. The molecule has 1 N–H and O–H groups in total. The maximum Gasteiger partial charge on any atom is 0.239 e. The van der Waals surface area contributed by atoms with Gasteiger partial charge in [-0.2, -0.15) is 0 Å². The van der Waals surface area contributed by atoms with Crippen molar-refractivity contribution in [2.45, 2.75) is 12.8 Å². The van der Waals surface area contributed by atoms with E-state index in [2.05, 4.69) is 37.9 Å². The molecule has 0 aliphatic carbocycles. The topological polar surface area (TPSA) is 90.5 Å². The lowest BCUT2D eigenvalue weighted by molar-refractivity contribution is 0.370. The monoisotopic (exact) mass is 552 g/mol. The number of methoxy groups -OCH3 is 2. The van der Waals surface area contributed by atoms with Gasteiger partial charge >= 0.3 is 0 Å². The minimum atomic E-state index is 0.520. The number of furan rings is 1. The van der Waals surface area contributed by atoms with Gasteiger partial charge in [0, 0.05) is 42.7 Å². The highest BCUT2D eigenvalue weighted by atomic mass is 35.5. The van der Waals surface area contributed by atoms with E-state index in [-0.39, 0.29) is 0 Å². The SMILES string of the molecule is COc1cccc(OC)c1-n1c(NSCCc2ncc(Cl)cc2C2=CCN(C)CC2)nnc1-c1ccco1. The largest absolute Gasteiger partial charge is 0.494 e. The first-order chi connectivity index (χ1) is 18.6. The molecule has 1 aliphatic rings. The first-order valence-electron chi connectivity index (χ1n) is 12.2. The van der Waals surface area contributed by atoms with E-state index in [4.69, 9.17) is 25.5 Å². The van der Waals surface area contributed by atoms with Gasteiger partial charge in [0.1, 0.15) is 17.2 Å². The summed E-state index contributed by atoms with van der Waals surface area (Å²) in [5.41, 5.74) is 4.14. The van der Waals surface area contributed by atoms with E-state index < -0.39 is 0 Å². The van der Waals surface area contributed by atoms with Crippen molar-refractivity contribution in [3.05, 3.63) is 71.2 Å². The number of ether oxygens (including phenoxy) is 2. The molecule has 0 radical (unpaired) electrons. The van der Waals surface area contributed by atoms with Gasteiger partial charge in [0.15, 0.2) is 5.76 Å². The van der Waals surface area contributed by atoms with Crippen LogP contribution in [0.15, 0.2) is 59.4 Å². The average Bonchev–Trinajstić information content (AvgIpc) is 3.62. The lowest BCUT2D eigenvalue weighted by atomic mass is 9.97. The first-order valence-corrected chi connectivity index (χ1v) is 13.6. The number of likely N-dealkylation sites (N-methyl/N-ethyl adjacent to an activating group) is 1. The molecule has 0 spiro atoms. The molecule has 0 amide bonds. The maximum atomic E-state index is 6.31. The van der Waals surface area contributed by atoms with Crippen molar-refractivity contribution in [2.24, 2.45) is 0 Å². The number of anilines is 1. The molecular formula is C27H29ClN6O3S. The Morgan fingerprint density at radius 3 is 2.63 bits per heavy atom. The lowest BCUT2D eigenvalue weighted by Gasteiger charge is -2.23. The van der Waals surface area contributed by atoms with Crippen LogP contribution < -0.4 is 14.2 Å². The fourth-order valence-electron chi connectivity index (χ4n) is 4.40. The van der Waals surface area contributed by atoms with Gasteiger partial charge in [-0.15, -0.1) is 10.2 Å². The number of hydrogen-bond donors (Lipinski definition) is 1. The second-order valence-corrected chi connectivity index (χ2v) is 10.1. The number of nitrogens with zero attached hydrogens (tertiary/aromatic N) is 5. The quantitative estimate of drug-likeness (QED) is 0.199. The molecule has 3 aromatic heterocycles. The molecule has 0 saturated carbocycles. The highest BCUT2D eigenvalue weighted by Crippen LogP contribution is 2.38. The summed E-state index contributed by atoms with van der Waals surface area (Å²) in [6.07, 6.45) is 7.33. The van der Waals surface area contributed by atoms with Crippen molar-refractivity contribution in [1.82, 2.24) is 24.6 Å². The zero-order valence-corrected chi connectivity index (χ0v) is 23.1. The molecule has 38 heavy (non-hydrogen) atoms. The van der Waals surface area contributed by atoms with Crippen LogP contribution in [0.1, 0.15) is 17.7 Å². The van der Waals surface area contributed by atoms with Crippen LogP contribution in [0.25, 0.3) is 22.8 Å². The van der Waals surface area contributed by atoms with Crippen molar-refractivity contribution in [1.29, 1.82) is 0 Å². The van der Waals surface area contributed by atoms with E-state index >= 15 is 0 Å². The summed E-state index contributed by atoms with van der Waals surface area (Å²) in [5.74, 6) is 3.60. The molecule has 1 aromatic carbocycles. The molecule has 5 rings (SSSR count). The number of hydrogen-bond acceptors (Lipinski definition) is 9. The van der Waals surface area contributed by atoms with Crippen molar-refractivity contribution in [3.63, 3.8) is 0 Å². The highest BCUT2D eigenvalue weighted by molar-refractivity contribution is 8.00. The van der Waals surface area contributed by atoms with Crippen molar-refractivity contribution < 1.29 is 13.9 Å². The Balaban J connectivity index is 1.38. The molecule has 198 valence electrons. The van der Waals surface area contributed by atoms with E-state index in [1.54, 1.807) is 26.7 Å². The molecule has 0 atom stereocenters. The number of rotatable bonds is 10. The molecule has 0 saturated heterocycles. The minimum absolute atomic E-state index is 0.520. The number of benzene rings is 1. The fourth-order valence-corrected chi connectivity index (χ4v) is 5.22. The smallest absolute Gasteiger partial charge is 0.239 e. The Bertz CT molecular complexity index is 1400. The summed E-state index contributed by atoms with van der Waals surface area (Å²) < 4.78 is 22.2. The number of nitrogens with one attached hydrogen (secondary N) is 1. The van der Waals surface area contributed by atoms with Crippen LogP contribution in [0, 0.1) is 0 Å². The third kappa shape index (κ3) is 5.52. The molecular weight excluding hydrogens is 524 g/mol. The number of halogens is 1. The van der Waals surface area contributed by atoms with Gasteiger partial charge in [-0.05, 0) is 61.3 Å². The molecule has 11 heteroatoms. The third-order valence-corrected chi connectivity index (χ3v) is 7.27. The Kier molecular flexibility index (Phi) is 8.21. The Hall–Kier alpha value is -3.47. The van der Waals surface area contributed by atoms with Crippen LogP contribution in [0.4, 0.5) is 5.95 Å². The number of para-hydroxylation sites is 1. The van der Waals surface area contributed by atoms with Crippen LogP contribution in [0.3, 0.4) is 0 Å². The van der Waals surface area contributed by atoms with E-state index in [0.717, 1.165) is 42.9 Å². The van der Waals surface area contributed by atoms with Gasteiger partial charge < -0.3 is 18.8 Å². The summed E-state index contributed by atoms with van der Waals surface area (Å²) in [6.45, 7) is 1.95. The van der Waals surface area contributed by atoms with E-state index in [0.29, 0.717) is 39.7 Å². The fraction of sp³-hybridized carbons (Fsp3) is 0.296. The standard InChI is InChI=1S/C27H29ClN6O3S/c1-33-12-9-18(10-13-33)20-16-19(28)17-29-21(20)11-15-38-32-27-31-30-26(24-8-5-14-37-24)34(27)25-22(35-2)6-4-7-23(25)36-3/h4-9,14,16-17H,10-13,15H2,1-3H3,(H,31,32). The van der Waals surface area contributed by atoms with Gasteiger partial charge in [0.05, 0.1) is 25.5 Å². The van der Waals surface area contributed by atoms with Crippen LogP contribution in [-0.2, 0) is 6.42 Å². The van der Waals surface area contributed by atoms with Gasteiger partial charge in [0.25, 0.3) is 0 Å². The zero-order chi connectivity index (χ0) is 26.5. The minimum Gasteiger partial charge on any atom is -0.494 e. The predicted molar refractivity (Wildman–Crippen MR) is 151 cm³/mol. The Labute approximate surface area is 230 Å². The molecule has 4 heterocycles. The summed E-state index contributed by atoms with van der Waals surface area (Å²) >= 11 is 7.83. The van der Waals surface area contributed by atoms with Crippen LogP contribution in [0.2, 0.25) is 5.02 Å². The first kappa shape index (κ1) is 26.1. The Morgan fingerprint density at radius 2 is 1.95 bits per heavy atom. The predicted octanol–water partition coefficient (Wildman–Crippen LogP) is 5.61. The van der Waals surface area contributed by atoms with Gasteiger partial charge in [-0.25, -0.2) is 0 Å². The second kappa shape index (κ2) is 11.9. The number of pyridine rings is 1. The van der Waals surface area contributed by atoms with E-state index in [1.165, 1.54) is 17.5 Å². The molecule has 0 unspecified atom stereocenters. The molecule has 0 fully saturated rings. The van der Waals surface area contributed by atoms with Gasteiger partial charge in [-0.3, -0.25) is 14.3 Å². The zero-order valence-electron chi connectivity index (χ0n) is 21.5. The van der Waals surface area contributed by atoms with Crippen molar-refractivity contribution >= 4 is 35.1 Å². The van der Waals surface area contributed by atoms with Crippen LogP contribution >= 0.6 is 23.5 Å². The third-order valence-electron chi connectivity index (χ3n) is 6.33. The molecule has 1 aliphatic heterocycles. The average molecular weight is 553 g/mol. The summed E-state index contributed by atoms with van der Waals surface area (Å²) in [7, 11) is 5.37. The van der Waals surface area contributed by atoms with Crippen molar-refractivity contribution in [2.75, 3.05) is 44.8 Å². The molecule has 4 aromatic rings. The Morgan fingerprint density at radius 1 is 1.13 bits per heavy atom. The maximum absolute atomic E-state index is 6.31. The highest BCUT2D eigenvalue weighted by Gasteiger charge is 2.24. The van der Waals surface area contributed by atoms with Crippen LogP contribution in [-0.4, -0.2) is 64.8 Å². The number of aryl methyl sites for hydroxylation is 1. The second-order valence-electron chi connectivity index (χ2n) is 8.76. The van der Waals surface area contributed by atoms with E-state index in [9.17, 15) is 0 Å². The normalized spacial score (nSPS) is 13.8. The molecule has 9 nitrogen and oxygen atoms in total. The van der Waals surface area contributed by atoms with Gasteiger partial charge in [-0.1, -0.05) is 23.7 Å². The summed E-state index contributed by atoms with van der Waals surface area (Å²) in [5, 5.41) is 9.48. The number of aromatic nitrogens is 4.